The Labute approximate surface area is 109 Å². The summed E-state index contributed by atoms with van der Waals surface area (Å²) in [6, 6.07) is 0. The van der Waals surface area contributed by atoms with Gasteiger partial charge in [0.15, 0.2) is 0 Å². The molecule has 0 aromatic carbocycles. The molecule has 3 saturated carbocycles. The number of carbonyl (C=O) groups is 1. The summed E-state index contributed by atoms with van der Waals surface area (Å²) >= 11 is 0. The normalized spacial score (nSPS) is 55.1. The highest BCUT2D eigenvalue weighted by atomic mass is 16.3. The Kier molecular flexibility index (Phi) is 2.23. The molecule has 3 fully saturated rings. The van der Waals surface area contributed by atoms with Crippen molar-refractivity contribution in [3.63, 3.8) is 0 Å². The highest BCUT2D eigenvalue weighted by Crippen LogP contribution is 2.72. The zero-order chi connectivity index (χ0) is 13.5. The second-order valence-corrected chi connectivity index (χ2v) is 7.66. The van der Waals surface area contributed by atoms with E-state index in [1.54, 1.807) is 13.8 Å². The first kappa shape index (κ1) is 12.6. The molecule has 3 aliphatic rings. The predicted molar refractivity (Wildman–Crippen MR) is 67.8 cm³/mol. The summed E-state index contributed by atoms with van der Waals surface area (Å²) in [6.07, 6.45) is 2.02. The zero-order valence-electron chi connectivity index (χ0n) is 11.7. The minimum Gasteiger partial charge on any atom is -0.393 e. The second kappa shape index (κ2) is 3.18. The van der Waals surface area contributed by atoms with Crippen molar-refractivity contribution >= 4 is 5.78 Å². The van der Waals surface area contributed by atoms with E-state index in [4.69, 9.17) is 0 Å². The van der Waals surface area contributed by atoms with E-state index in [1.165, 1.54) is 0 Å². The Morgan fingerprint density at radius 2 is 1.94 bits per heavy atom. The van der Waals surface area contributed by atoms with Crippen molar-refractivity contribution in [1.29, 1.82) is 0 Å². The van der Waals surface area contributed by atoms with Crippen LogP contribution in [0.25, 0.3) is 0 Å². The Bertz CT molecular complexity index is 408. The number of hydrogen-bond acceptors (Lipinski definition) is 3. The molecule has 3 nitrogen and oxygen atoms in total. The number of ketones is 1. The van der Waals surface area contributed by atoms with Gasteiger partial charge in [-0.1, -0.05) is 13.8 Å². The summed E-state index contributed by atoms with van der Waals surface area (Å²) in [7, 11) is 0. The first-order valence-corrected chi connectivity index (χ1v) is 7.09. The molecule has 18 heavy (non-hydrogen) atoms. The number of rotatable bonds is 1. The van der Waals surface area contributed by atoms with E-state index in [0.29, 0.717) is 12.2 Å². The van der Waals surface area contributed by atoms with Gasteiger partial charge in [-0.25, -0.2) is 0 Å². The molecule has 0 spiro atoms. The number of Topliss-reactive ketones (excluding diaryl/α,β-unsaturated/α-hetero) is 1. The molecule has 0 aromatic rings. The quantitative estimate of drug-likeness (QED) is 0.747. The lowest BCUT2D eigenvalue weighted by Gasteiger charge is -2.48. The average Bonchev–Trinajstić information content (AvgIpc) is 2.58. The fourth-order valence-electron chi connectivity index (χ4n) is 5.35. The number of carbonyl (C=O) groups excluding carboxylic acids is 1. The van der Waals surface area contributed by atoms with Crippen molar-refractivity contribution in [2.75, 3.05) is 0 Å². The smallest absolute Gasteiger partial charge is 0.143 e. The first-order valence-electron chi connectivity index (χ1n) is 7.09. The lowest BCUT2D eigenvalue weighted by atomic mass is 9.59. The summed E-state index contributed by atoms with van der Waals surface area (Å²) < 4.78 is 0. The van der Waals surface area contributed by atoms with Crippen LogP contribution in [0.2, 0.25) is 0 Å². The highest BCUT2D eigenvalue weighted by molar-refractivity contribution is 5.92. The summed E-state index contributed by atoms with van der Waals surface area (Å²) in [5, 5.41) is 20.9. The van der Waals surface area contributed by atoms with Crippen molar-refractivity contribution in [2.24, 2.45) is 28.6 Å². The van der Waals surface area contributed by atoms with Gasteiger partial charge in [0.05, 0.1) is 11.7 Å². The average molecular weight is 252 g/mol. The summed E-state index contributed by atoms with van der Waals surface area (Å²) in [4.78, 5) is 12.8. The van der Waals surface area contributed by atoms with E-state index in [2.05, 4.69) is 6.92 Å². The van der Waals surface area contributed by atoms with E-state index >= 15 is 0 Å². The molecule has 0 unspecified atom stereocenters. The standard InChI is InChI=1S/C15H24O3/c1-13(2,18)9-7-10(16)15(4)8-5-6-14(15,3)12(17)11(8)9/h8-11,16,18H,5-7H2,1-4H3/t8-,9+,10+,11+,14+,15-/m1/s1. The van der Waals surface area contributed by atoms with Gasteiger partial charge in [-0.05, 0) is 44.9 Å². The Hall–Kier alpha value is -0.410. The van der Waals surface area contributed by atoms with Gasteiger partial charge in [0.2, 0.25) is 0 Å². The van der Waals surface area contributed by atoms with Gasteiger partial charge in [0.25, 0.3) is 0 Å². The second-order valence-electron chi connectivity index (χ2n) is 7.66. The van der Waals surface area contributed by atoms with Gasteiger partial charge < -0.3 is 10.2 Å². The largest absolute Gasteiger partial charge is 0.393 e. The van der Waals surface area contributed by atoms with Crippen LogP contribution in [0.1, 0.15) is 47.0 Å². The fourth-order valence-corrected chi connectivity index (χ4v) is 5.35. The van der Waals surface area contributed by atoms with Crippen LogP contribution in [0.5, 0.6) is 0 Å². The van der Waals surface area contributed by atoms with Crippen molar-refractivity contribution in [3.05, 3.63) is 0 Å². The van der Waals surface area contributed by atoms with Crippen LogP contribution in [0, 0.1) is 28.6 Å². The minimum atomic E-state index is -0.885. The van der Waals surface area contributed by atoms with Gasteiger partial charge in [0, 0.05) is 16.7 Å². The summed E-state index contributed by atoms with van der Waals surface area (Å²) in [6.45, 7) is 7.67. The van der Waals surface area contributed by atoms with Gasteiger partial charge >= 0.3 is 0 Å². The molecule has 3 rings (SSSR count). The maximum atomic E-state index is 12.8. The maximum absolute atomic E-state index is 12.8. The van der Waals surface area contributed by atoms with Crippen LogP contribution in [0.3, 0.4) is 0 Å². The van der Waals surface area contributed by atoms with Crippen LogP contribution in [0.15, 0.2) is 0 Å². The molecule has 102 valence electrons. The fraction of sp³-hybridized carbons (Fsp3) is 0.933. The van der Waals surface area contributed by atoms with Gasteiger partial charge in [-0.3, -0.25) is 4.79 Å². The third-order valence-electron chi connectivity index (χ3n) is 6.70. The topological polar surface area (TPSA) is 57.5 Å². The maximum Gasteiger partial charge on any atom is 0.143 e. The van der Waals surface area contributed by atoms with Crippen molar-refractivity contribution in [3.8, 4) is 0 Å². The molecule has 2 N–H and O–H groups in total. The van der Waals surface area contributed by atoms with Crippen molar-refractivity contribution < 1.29 is 15.0 Å². The van der Waals surface area contributed by atoms with Crippen LogP contribution in [0.4, 0.5) is 0 Å². The molecular formula is C15H24O3. The van der Waals surface area contributed by atoms with E-state index in [-0.39, 0.29) is 28.6 Å². The number of aliphatic hydroxyl groups is 2. The molecule has 6 atom stereocenters. The number of aliphatic hydroxyl groups excluding tert-OH is 1. The van der Waals surface area contributed by atoms with E-state index in [0.717, 1.165) is 12.8 Å². The molecule has 0 heterocycles. The summed E-state index contributed by atoms with van der Waals surface area (Å²) in [5.41, 5.74) is -1.53. The number of hydrogen-bond donors (Lipinski definition) is 2. The van der Waals surface area contributed by atoms with Gasteiger partial charge in [-0.2, -0.15) is 0 Å². The molecule has 0 aliphatic heterocycles. The van der Waals surface area contributed by atoms with Crippen molar-refractivity contribution in [1.82, 2.24) is 0 Å². The Balaban J connectivity index is 2.12. The zero-order valence-corrected chi connectivity index (χ0v) is 11.7. The van der Waals surface area contributed by atoms with Gasteiger partial charge in [0.1, 0.15) is 5.78 Å². The molecule has 0 amide bonds. The SMILES string of the molecule is CC(C)(O)[C@H]1C[C@H](O)[C@@]2(C)[C@@H]3CC[C@@]2(C)C(=O)[C@@H]31. The third kappa shape index (κ3) is 1.11. The molecule has 0 saturated heterocycles. The van der Waals surface area contributed by atoms with E-state index in [9.17, 15) is 15.0 Å². The highest BCUT2D eigenvalue weighted by Gasteiger charge is 2.75. The van der Waals surface area contributed by atoms with Gasteiger partial charge in [-0.15, -0.1) is 0 Å². The summed E-state index contributed by atoms with van der Waals surface area (Å²) in [5.74, 6) is 0.414. The lowest BCUT2D eigenvalue weighted by Crippen LogP contribution is -2.51. The lowest BCUT2D eigenvalue weighted by molar-refractivity contribution is -0.136. The van der Waals surface area contributed by atoms with Crippen LogP contribution >= 0.6 is 0 Å². The minimum absolute atomic E-state index is 0.0443. The third-order valence-corrected chi connectivity index (χ3v) is 6.70. The molecule has 3 aliphatic carbocycles. The van der Waals surface area contributed by atoms with E-state index in [1.807, 2.05) is 6.92 Å². The molecular weight excluding hydrogens is 228 g/mol. The molecule has 0 aromatic heterocycles. The molecule has 0 radical (unpaired) electrons. The first-order chi connectivity index (χ1) is 8.14. The monoisotopic (exact) mass is 252 g/mol. The Morgan fingerprint density at radius 3 is 2.50 bits per heavy atom. The van der Waals surface area contributed by atoms with Crippen LogP contribution in [-0.4, -0.2) is 27.7 Å². The van der Waals surface area contributed by atoms with Crippen LogP contribution in [-0.2, 0) is 4.79 Å². The van der Waals surface area contributed by atoms with E-state index < -0.39 is 11.7 Å². The Morgan fingerprint density at radius 1 is 1.33 bits per heavy atom. The predicted octanol–water partition coefficient (Wildman–Crippen LogP) is 1.76. The molecule has 4 bridgehead atoms. The van der Waals surface area contributed by atoms with Crippen LogP contribution < -0.4 is 0 Å². The molecule has 3 heteroatoms. The van der Waals surface area contributed by atoms with Crippen molar-refractivity contribution in [2.45, 2.75) is 58.7 Å².